The molecule has 0 spiro atoms. The Bertz CT molecular complexity index is 349. The fourth-order valence-electron chi connectivity index (χ4n) is 1.65. The van der Waals surface area contributed by atoms with E-state index in [4.69, 9.17) is 5.11 Å². The van der Waals surface area contributed by atoms with Crippen LogP contribution in [0.1, 0.15) is 37.7 Å². The number of carboxylic acid groups (broad SMARTS) is 1. The zero-order chi connectivity index (χ0) is 12.1. The summed E-state index contributed by atoms with van der Waals surface area (Å²) in [6.45, 7) is 7.25. The van der Waals surface area contributed by atoms with Crippen molar-refractivity contribution in [1.82, 2.24) is 4.98 Å². The van der Waals surface area contributed by atoms with Crippen LogP contribution in [0.4, 0.5) is 5.69 Å². The maximum atomic E-state index is 10.7. The Morgan fingerprint density at radius 1 is 1.50 bits per heavy atom. The average molecular weight is 222 g/mol. The summed E-state index contributed by atoms with van der Waals surface area (Å²) >= 11 is 0. The van der Waals surface area contributed by atoms with Crippen LogP contribution in [0.3, 0.4) is 0 Å². The number of aromatic carboxylic acids is 1. The summed E-state index contributed by atoms with van der Waals surface area (Å²) < 4.78 is 0. The smallest absolute Gasteiger partial charge is 0.354 e. The minimum Gasteiger partial charge on any atom is -0.477 e. The van der Waals surface area contributed by atoms with Gasteiger partial charge in [-0.1, -0.05) is 6.92 Å². The quantitative estimate of drug-likeness (QED) is 0.831. The average Bonchev–Trinajstić information content (AvgIpc) is 2.30. The first kappa shape index (κ1) is 12.5. The third-order valence-electron chi connectivity index (χ3n) is 2.76. The second kappa shape index (κ2) is 5.49. The van der Waals surface area contributed by atoms with Crippen LogP contribution in [0, 0.1) is 0 Å². The number of pyridine rings is 1. The van der Waals surface area contributed by atoms with Gasteiger partial charge in [0.2, 0.25) is 0 Å². The van der Waals surface area contributed by atoms with E-state index >= 15 is 0 Å². The van der Waals surface area contributed by atoms with Gasteiger partial charge in [0.1, 0.15) is 5.69 Å². The summed E-state index contributed by atoms with van der Waals surface area (Å²) in [5, 5.41) is 8.75. The summed E-state index contributed by atoms with van der Waals surface area (Å²) in [4.78, 5) is 16.8. The predicted molar refractivity (Wildman–Crippen MR) is 64.0 cm³/mol. The van der Waals surface area contributed by atoms with Gasteiger partial charge in [-0.15, -0.1) is 0 Å². The SMILES string of the molecule is CCC(C)N(CC)c1ccc(C(=O)O)nc1. The monoisotopic (exact) mass is 222 g/mol. The fourth-order valence-corrected chi connectivity index (χ4v) is 1.65. The van der Waals surface area contributed by atoms with Gasteiger partial charge < -0.3 is 10.0 Å². The molecule has 0 aliphatic rings. The van der Waals surface area contributed by atoms with Crippen LogP contribution in [0.25, 0.3) is 0 Å². The molecule has 1 N–H and O–H groups in total. The Labute approximate surface area is 95.9 Å². The zero-order valence-electron chi connectivity index (χ0n) is 9.97. The predicted octanol–water partition coefficient (Wildman–Crippen LogP) is 2.40. The topological polar surface area (TPSA) is 53.4 Å². The summed E-state index contributed by atoms with van der Waals surface area (Å²) in [6, 6.07) is 3.79. The highest BCUT2D eigenvalue weighted by molar-refractivity contribution is 5.85. The number of carbonyl (C=O) groups is 1. The van der Waals surface area contributed by atoms with Crippen molar-refractivity contribution in [1.29, 1.82) is 0 Å². The molecule has 16 heavy (non-hydrogen) atoms. The van der Waals surface area contributed by atoms with Crippen LogP contribution in [0.15, 0.2) is 18.3 Å². The van der Waals surface area contributed by atoms with E-state index in [1.54, 1.807) is 12.3 Å². The van der Waals surface area contributed by atoms with E-state index in [1.165, 1.54) is 0 Å². The molecule has 4 heteroatoms. The lowest BCUT2D eigenvalue weighted by molar-refractivity contribution is 0.0690. The molecular formula is C12H18N2O2. The van der Waals surface area contributed by atoms with Crippen LogP contribution >= 0.6 is 0 Å². The highest BCUT2D eigenvalue weighted by atomic mass is 16.4. The molecule has 0 amide bonds. The van der Waals surface area contributed by atoms with Crippen LogP contribution in [0.5, 0.6) is 0 Å². The van der Waals surface area contributed by atoms with Gasteiger partial charge in [-0.2, -0.15) is 0 Å². The Morgan fingerprint density at radius 3 is 2.56 bits per heavy atom. The molecular weight excluding hydrogens is 204 g/mol. The molecule has 0 radical (unpaired) electrons. The van der Waals surface area contributed by atoms with Gasteiger partial charge in [-0.05, 0) is 32.4 Å². The number of nitrogens with zero attached hydrogens (tertiary/aromatic N) is 2. The molecule has 0 aliphatic heterocycles. The molecule has 0 aromatic carbocycles. The van der Waals surface area contributed by atoms with E-state index in [0.29, 0.717) is 6.04 Å². The second-order valence-electron chi connectivity index (χ2n) is 3.75. The molecule has 1 aromatic heterocycles. The highest BCUT2D eigenvalue weighted by Gasteiger charge is 2.12. The first-order valence-electron chi connectivity index (χ1n) is 5.56. The molecule has 4 nitrogen and oxygen atoms in total. The first-order chi connectivity index (χ1) is 7.60. The van der Waals surface area contributed by atoms with E-state index in [2.05, 4.69) is 30.7 Å². The molecule has 1 heterocycles. The van der Waals surface area contributed by atoms with Crippen LogP contribution in [0.2, 0.25) is 0 Å². The van der Waals surface area contributed by atoms with Gasteiger partial charge in [0.25, 0.3) is 0 Å². The number of aromatic nitrogens is 1. The van der Waals surface area contributed by atoms with Gasteiger partial charge in [-0.3, -0.25) is 0 Å². The van der Waals surface area contributed by atoms with Crippen molar-refractivity contribution in [3.05, 3.63) is 24.0 Å². The number of anilines is 1. The van der Waals surface area contributed by atoms with Gasteiger partial charge in [0.05, 0.1) is 11.9 Å². The summed E-state index contributed by atoms with van der Waals surface area (Å²) in [5.74, 6) is -0.988. The molecule has 0 fully saturated rings. The second-order valence-corrected chi connectivity index (χ2v) is 3.75. The zero-order valence-corrected chi connectivity index (χ0v) is 9.97. The Hall–Kier alpha value is -1.58. The summed E-state index contributed by atoms with van der Waals surface area (Å²) in [6.07, 6.45) is 2.67. The maximum absolute atomic E-state index is 10.7. The Morgan fingerprint density at radius 2 is 2.19 bits per heavy atom. The lowest BCUT2D eigenvalue weighted by Gasteiger charge is -2.29. The first-order valence-corrected chi connectivity index (χ1v) is 5.56. The van der Waals surface area contributed by atoms with Crippen molar-refractivity contribution in [3.63, 3.8) is 0 Å². The molecule has 0 saturated heterocycles. The molecule has 0 aliphatic carbocycles. The third kappa shape index (κ3) is 2.72. The standard InChI is InChI=1S/C12H18N2O2/c1-4-9(3)14(5-2)10-6-7-11(12(15)16)13-8-10/h6-9H,4-5H2,1-3H3,(H,15,16). The van der Waals surface area contributed by atoms with Crippen molar-refractivity contribution in [2.75, 3.05) is 11.4 Å². The number of carboxylic acids is 1. The van der Waals surface area contributed by atoms with Gasteiger partial charge in [-0.25, -0.2) is 9.78 Å². The molecule has 1 atom stereocenters. The van der Waals surface area contributed by atoms with E-state index in [-0.39, 0.29) is 5.69 Å². The maximum Gasteiger partial charge on any atom is 0.354 e. The minimum atomic E-state index is -0.988. The van der Waals surface area contributed by atoms with Crippen molar-refractivity contribution < 1.29 is 9.90 Å². The van der Waals surface area contributed by atoms with Crippen molar-refractivity contribution in [2.45, 2.75) is 33.2 Å². The van der Waals surface area contributed by atoms with E-state index in [0.717, 1.165) is 18.7 Å². The van der Waals surface area contributed by atoms with Crippen molar-refractivity contribution in [3.8, 4) is 0 Å². The van der Waals surface area contributed by atoms with Crippen LogP contribution < -0.4 is 4.90 Å². The largest absolute Gasteiger partial charge is 0.477 e. The summed E-state index contributed by atoms with van der Waals surface area (Å²) in [7, 11) is 0. The van der Waals surface area contributed by atoms with E-state index in [9.17, 15) is 4.79 Å². The van der Waals surface area contributed by atoms with E-state index < -0.39 is 5.97 Å². The lowest BCUT2D eigenvalue weighted by Crippen LogP contribution is -2.32. The highest BCUT2D eigenvalue weighted by Crippen LogP contribution is 2.17. The molecule has 0 saturated carbocycles. The normalized spacial score (nSPS) is 12.2. The third-order valence-corrected chi connectivity index (χ3v) is 2.76. The minimum absolute atomic E-state index is 0.0870. The van der Waals surface area contributed by atoms with Crippen molar-refractivity contribution >= 4 is 11.7 Å². The Kier molecular flexibility index (Phi) is 4.28. The molecule has 88 valence electrons. The van der Waals surface area contributed by atoms with E-state index in [1.807, 2.05) is 6.07 Å². The fraction of sp³-hybridized carbons (Fsp3) is 0.500. The number of rotatable bonds is 5. The lowest BCUT2D eigenvalue weighted by atomic mass is 10.2. The molecule has 1 rings (SSSR count). The molecule has 1 unspecified atom stereocenters. The Balaban J connectivity index is 2.90. The summed E-state index contributed by atoms with van der Waals surface area (Å²) in [5.41, 5.74) is 1.06. The molecule has 0 bridgehead atoms. The number of hydrogen-bond acceptors (Lipinski definition) is 3. The van der Waals surface area contributed by atoms with Crippen LogP contribution in [-0.2, 0) is 0 Å². The van der Waals surface area contributed by atoms with Gasteiger partial charge >= 0.3 is 5.97 Å². The van der Waals surface area contributed by atoms with Crippen molar-refractivity contribution in [2.24, 2.45) is 0 Å². The van der Waals surface area contributed by atoms with Gasteiger partial charge in [0.15, 0.2) is 0 Å². The number of hydrogen-bond donors (Lipinski definition) is 1. The van der Waals surface area contributed by atoms with Gasteiger partial charge in [0, 0.05) is 12.6 Å². The van der Waals surface area contributed by atoms with Crippen LogP contribution in [-0.4, -0.2) is 28.6 Å². The molecule has 1 aromatic rings.